The van der Waals surface area contributed by atoms with Crippen LogP contribution in [0.2, 0.25) is 0 Å². The molecule has 4 heteroatoms. The topological polar surface area (TPSA) is 55.6 Å². The maximum absolute atomic E-state index is 11.5. The van der Waals surface area contributed by atoms with Crippen LogP contribution in [0.5, 0.6) is 0 Å². The van der Waals surface area contributed by atoms with Crippen molar-refractivity contribution in [2.45, 2.75) is 32.2 Å². The lowest BCUT2D eigenvalue weighted by Crippen LogP contribution is -2.32. The van der Waals surface area contributed by atoms with Crippen LogP contribution in [-0.2, 0) is 9.53 Å². The van der Waals surface area contributed by atoms with Crippen molar-refractivity contribution in [3.05, 3.63) is 0 Å². The van der Waals surface area contributed by atoms with Crippen LogP contribution in [0.3, 0.4) is 0 Å². The van der Waals surface area contributed by atoms with Gasteiger partial charge in [-0.3, -0.25) is 4.79 Å². The van der Waals surface area contributed by atoms with Gasteiger partial charge in [0.2, 0.25) is 5.91 Å². The van der Waals surface area contributed by atoms with Gasteiger partial charge in [-0.05, 0) is 12.8 Å². The molecule has 0 saturated carbocycles. The summed E-state index contributed by atoms with van der Waals surface area (Å²) in [5.41, 5.74) is 5.71. The van der Waals surface area contributed by atoms with Crippen molar-refractivity contribution in [2.24, 2.45) is 5.73 Å². The van der Waals surface area contributed by atoms with E-state index in [1.165, 1.54) is 0 Å². The van der Waals surface area contributed by atoms with E-state index in [1.807, 2.05) is 4.90 Å². The molecule has 0 bridgehead atoms. The van der Waals surface area contributed by atoms with Gasteiger partial charge in [0, 0.05) is 25.7 Å². The minimum Gasteiger partial charge on any atom is -0.381 e. The number of nitrogens with two attached hydrogens (primary N) is 1. The minimum absolute atomic E-state index is 0.175. The monoisotopic (exact) mass is 200 g/mol. The number of hydrogen-bond acceptors (Lipinski definition) is 3. The zero-order chi connectivity index (χ0) is 10.4. The van der Waals surface area contributed by atoms with E-state index in [4.69, 9.17) is 10.5 Å². The van der Waals surface area contributed by atoms with Gasteiger partial charge in [0.1, 0.15) is 0 Å². The Hall–Kier alpha value is -0.610. The van der Waals surface area contributed by atoms with Crippen LogP contribution in [-0.4, -0.2) is 43.2 Å². The van der Waals surface area contributed by atoms with Gasteiger partial charge < -0.3 is 15.4 Å². The van der Waals surface area contributed by atoms with Crippen LogP contribution in [0.15, 0.2) is 0 Å². The molecule has 0 aromatic carbocycles. The minimum atomic E-state index is 0.175. The highest BCUT2D eigenvalue weighted by molar-refractivity contribution is 5.76. The highest BCUT2D eigenvalue weighted by Gasteiger charge is 2.22. The molecular weight excluding hydrogens is 180 g/mol. The second-order valence-electron chi connectivity index (χ2n) is 3.75. The number of likely N-dealkylation sites (tertiary alicyclic amines) is 1. The fourth-order valence-electron chi connectivity index (χ4n) is 1.58. The van der Waals surface area contributed by atoms with Gasteiger partial charge in [-0.2, -0.15) is 0 Å². The zero-order valence-electron chi connectivity index (χ0n) is 8.87. The molecule has 1 saturated heterocycles. The zero-order valence-corrected chi connectivity index (χ0v) is 8.87. The molecule has 2 N–H and O–H groups in total. The first-order valence-electron chi connectivity index (χ1n) is 5.35. The summed E-state index contributed by atoms with van der Waals surface area (Å²) in [4.78, 5) is 13.4. The number of hydrogen-bond donors (Lipinski definition) is 1. The van der Waals surface area contributed by atoms with Gasteiger partial charge >= 0.3 is 0 Å². The Morgan fingerprint density at radius 2 is 2.36 bits per heavy atom. The fourth-order valence-corrected chi connectivity index (χ4v) is 1.58. The number of ether oxygens (including phenoxy) is 1. The third kappa shape index (κ3) is 3.64. The number of amides is 1. The van der Waals surface area contributed by atoms with Crippen LogP contribution in [0.1, 0.15) is 26.2 Å². The average Bonchev–Trinajstić information content (AvgIpc) is 2.59. The summed E-state index contributed by atoms with van der Waals surface area (Å²) in [6.07, 6.45) is 2.43. The fraction of sp³-hybridized carbons (Fsp3) is 0.900. The van der Waals surface area contributed by atoms with E-state index in [-0.39, 0.29) is 11.9 Å². The lowest BCUT2D eigenvalue weighted by molar-refractivity contribution is -0.131. The summed E-state index contributed by atoms with van der Waals surface area (Å²) in [6, 6.07) is 0.176. The van der Waals surface area contributed by atoms with Gasteiger partial charge in [0.15, 0.2) is 0 Å². The van der Waals surface area contributed by atoms with Crippen molar-refractivity contribution in [2.75, 3.05) is 26.3 Å². The molecular formula is C10H20N2O2. The molecule has 0 radical (unpaired) electrons. The smallest absolute Gasteiger partial charge is 0.224 e. The molecule has 1 fully saturated rings. The van der Waals surface area contributed by atoms with E-state index < -0.39 is 0 Å². The van der Waals surface area contributed by atoms with Crippen molar-refractivity contribution in [3.8, 4) is 0 Å². The summed E-state index contributed by atoms with van der Waals surface area (Å²) in [7, 11) is 0. The Balaban J connectivity index is 2.09. The molecule has 0 aromatic heterocycles. The first-order valence-corrected chi connectivity index (χ1v) is 5.35. The molecule has 0 aromatic rings. The van der Waals surface area contributed by atoms with E-state index in [1.54, 1.807) is 0 Å². The van der Waals surface area contributed by atoms with Crippen molar-refractivity contribution in [1.29, 1.82) is 0 Å². The number of carbonyl (C=O) groups excluding carboxylic acids is 1. The molecule has 0 aliphatic carbocycles. The molecule has 82 valence electrons. The van der Waals surface area contributed by atoms with E-state index in [0.29, 0.717) is 19.6 Å². The van der Waals surface area contributed by atoms with Gasteiger partial charge in [-0.25, -0.2) is 0 Å². The SMILES string of the molecule is CCCOCCC(=O)N1CC[C@H](N)C1. The Bertz CT molecular complexity index is 185. The van der Waals surface area contributed by atoms with Crippen LogP contribution in [0, 0.1) is 0 Å². The average molecular weight is 200 g/mol. The van der Waals surface area contributed by atoms with Crippen LogP contribution in [0.25, 0.3) is 0 Å². The molecule has 0 unspecified atom stereocenters. The van der Waals surface area contributed by atoms with Gasteiger partial charge in [-0.15, -0.1) is 0 Å². The Kier molecular flexibility index (Phi) is 4.90. The second-order valence-corrected chi connectivity index (χ2v) is 3.75. The highest BCUT2D eigenvalue weighted by Crippen LogP contribution is 2.08. The maximum atomic E-state index is 11.5. The standard InChI is InChI=1S/C10H20N2O2/c1-2-6-14-7-4-10(13)12-5-3-9(11)8-12/h9H,2-8,11H2,1H3/t9-/m0/s1. The van der Waals surface area contributed by atoms with E-state index in [9.17, 15) is 4.79 Å². The molecule has 1 amide bonds. The van der Waals surface area contributed by atoms with Crippen LogP contribution >= 0.6 is 0 Å². The van der Waals surface area contributed by atoms with Crippen LogP contribution in [0.4, 0.5) is 0 Å². The first kappa shape index (κ1) is 11.5. The third-order valence-corrected chi connectivity index (χ3v) is 2.39. The molecule has 0 spiro atoms. The van der Waals surface area contributed by atoms with Gasteiger partial charge in [-0.1, -0.05) is 6.92 Å². The molecule has 4 nitrogen and oxygen atoms in total. The molecule has 1 atom stereocenters. The number of rotatable bonds is 5. The molecule has 1 rings (SSSR count). The largest absolute Gasteiger partial charge is 0.381 e. The van der Waals surface area contributed by atoms with Gasteiger partial charge in [0.05, 0.1) is 13.0 Å². The summed E-state index contributed by atoms with van der Waals surface area (Å²) >= 11 is 0. The predicted molar refractivity (Wildman–Crippen MR) is 54.9 cm³/mol. The quantitative estimate of drug-likeness (QED) is 0.652. The third-order valence-electron chi connectivity index (χ3n) is 2.39. The Morgan fingerprint density at radius 1 is 1.57 bits per heavy atom. The van der Waals surface area contributed by atoms with Crippen molar-refractivity contribution in [3.63, 3.8) is 0 Å². The lowest BCUT2D eigenvalue weighted by Gasteiger charge is -2.15. The van der Waals surface area contributed by atoms with E-state index in [2.05, 4.69) is 6.92 Å². The molecule has 14 heavy (non-hydrogen) atoms. The first-order chi connectivity index (χ1) is 6.74. The Labute approximate surface area is 85.4 Å². The number of carbonyl (C=O) groups is 1. The molecule has 1 heterocycles. The highest BCUT2D eigenvalue weighted by atomic mass is 16.5. The maximum Gasteiger partial charge on any atom is 0.224 e. The predicted octanol–water partition coefficient (Wildman–Crippen LogP) is 0.363. The van der Waals surface area contributed by atoms with Crippen molar-refractivity contribution in [1.82, 2.24) is 4.90 Å². The summed E-state index contributed by atoms with van der Waals surface area (Å²) in [6.45, 7) is 4.87. The second kappa shape index (κ2) is 5.98. The van der Waals surface area contributed by atoms with Crippen LogP contribution < -0.4 is 5.73 Å². The summed E-state index contributed by atoms with van der Waals surface area (Å²) in [5, 5.41) is 0. The molecule has 1 aliphatic rings. The van der Waals surface area contributed by atoms with E-state index >= 15 is 0 Å². The summed E-state index contributed by atoms with van der Waals surface area (Å²) in [5.74, 6) is 0.175. The van der Waals surface area contributed by atoms with E-state index in [0.717, 1.165) is 26.0 Å². The lowest BCUT2D eigenvalue weighted by atomic mass is 10.3. The number of nitrogens with zero attached hydrogens (tertiary/aromatic N) is 1. The molecule has 1 aliphatic heterocycles. The Morgan fingerprint density at radius 3 is 2.93 bits per heavy atom. The van der Waals surface area contributed by atoms with Crippen molar-refractivity contribution < 1.29 is 9.53 Å². The van der Waals surface area contributed by atoms with Crippen molar-refractivity contribution >= 4 is 5.91 Å². The normalized spacial score (nSPS) is 21.6. The van der Waals surface area contributed by atoms with Gasteiger partial charge in [0.25, 0.3) is 0 Å². The summed E-state index contributed by atoms with van der Waals surface area (Å²) < 4.78 is 5.26.